The van der Waals surface area contributed by atoms with Crippen LogP contribution < -0.4 is 5.32 Å². The number of halogens is 1. The zero-order valence-corrected chi connectivity index (χ0v) is 22.1. The van der Waals surface area contributed by atoms with Gasteiger partial charge >= 0.3 is 0 Å². The highest BCUT2D eigenvalue weighted by atomic mass is 35.5. The summed E-state index contributed by atoms with van der Waals surface area (Å²) in [4.78, 5) is 17.7. The summed E-state index contributed by atoms with van der Waals surface area (Å²) in [5.74, 6) is 1.50. The lowest BCUT2D eigenvalue weighted by Gasteiger charge is -2.35. The Morgan fingerprint density at radius 1 is 1.11 bits per heavy atom. The van der Waals surface area contributed by atoms with Crippen molar-refractivity contribution in [2.24, 2.45) is 11.8 Å². The van der Waals surface area contributed by atoms with E-state index in [4.69, 9.17) is 21.0 Å². The monoisotopic (exact) mass is 520 g/mol. The minimum Gasteiger partial charge on any atom is -0.411 e. The largest absolute Gasteiger partial charge is 0.411 e. The molecule has 0 saturated heterocycles. The molecular formula is C28H29ClN4O2S. The Labute approximate surface area is 220 Å². The first kappa shape index (κ1) is 24.8. The van der Waals surface area contributed by atoms with Crippen LogP contribution in [0.25, 0.3) is 33.6 Å². The van der Waals surface area contributed by atoms with Crippen LogP contribution in [-0.2, 0) is 4.79 Å². The molecule has 2 aromatic carbocycles. The molecule has 1 aliphatic rings. The highest BCUT2D eigenvalue weighted by molar-refractivity contribution is 8.00. The number of rotatable bonds is 6. The van der Waals surface area contributed by atoms with Gasteiger partial charge in [0.1, 0.15) is 0 Å². The third kappa shape index (κ3) is 5.27. The van der Waals surface area contributed by atoms with Crippen LogP contribution in [0.2, 0.25) is 5.02 Å². The van der Waals surface area contributed by atoms with Crippen molar-refractivity contribution >= 4 is 40.2 Å². The minimum atomic E-state index is -0.346. The van der Waals surface area contributed by atoms with E-state index in [1.807, 2.05) is 61.5 Å². The summed E-state index contributed by atoms with van der Waals surface area (Å²) in [6.45, 7) is 6.37. The van der Waals surface area contributed by atoms with Crippen molar-refractivity contribution in [2.75, 3.05) is 0 Å². The first-order valence-electron chi connectivity index (χ1n) is 12.4. The number of pyridine rings is 1. The number of nitrogens with one attached hydrogen (secondary N) is 1. The molecule has 0 spiro atoms. The van der Waals surface area contributed by atoms with Crippen LogP contribution in [0.4, 0.5) is 0 Å². The van der Waals surface area contributed by atoms with Crippen LogP contribution in [0.3, 0.4) is 0 Å². The average molecular weight is 521 g/mol. The number of thioether (sulfide) groups is 1. The second-order valence-corrected chi connectivity index (χ2v) is 11.3. The van der Waals surface area contributed by atoms with Gasteiger partial charge in [-0.15, -0.1) is 10.2 Å². The van der Waals surface area contributed by atoms with Crippen LogP contribution in [-0.4, -0.2) is 32.4 Å². The molecule has 2 heterocycles. The lowest BCUT2D eigenvalue weighted by atomic mass is 9.78. The Kier molecular flexibility index (Phi) is 7.30. The second-order valence-electron chi connectivity index (χ2n) is 9.59. The van der Waals surface area contributed by atoms with Crippen molar-refractivity contribution in [3.05, 3.63) is 59.6 Å². The molecule has 5 rings (SSSR count). The number of nitrogens with zero attached hydrogens (tertiary/aromatic N) is 3. The van der Waals surface area contributed by atoms with Gasteiger partial charge in [0, 0.05) is 22.0 Å². The summed E-state index contributed by atoms with van der Waals surface area (Å²) in [5.41, 5.74) is 3.36. The SMILES string of the molecule is C[C@@H]1[C@H](C)CCC[C@H]1NC(=O)[C@@H](C)Sc1nnc(-c2cc(-c3ccc(Cl)cc3)nc3ccccc23)o1. The molecule has 1 aliphatic carbocycles. The van der Waals surface area contributed by atoms with Gasteiger partial charge in [0.25, 0.3) is 5.22 Å². The molecule has 186 valence electrons. The Bertz CT molecular complexity index is 1370. The van der Waals surface area contributed by atoms with E-state index < -0.39 is 0 Å². The predicted molar refractivity (Wildman–Crippen MR) is 145 cm³/mol. The first-order valence-corrected chi connectivity index (χ1v) is 13.6. The summed E-state index contributed by atoms with van der Waals surface area (Å²) in [6.07, 6.45) is 3.42. The van der Waals surface area contributed by atoms with E-state index in [0.717, 1.165) is 40.6 Å². The van der Waals surface area contributed by atoms with E-state index in [-0.39, 0.29) is 17.2 Å². The molecule has 6 nitrogen and oxygen atoms in total. The number of hydrogen-bond acceptors (Lipinski definition) is 6. The molecule has 0 radical (unpaired) electrons. The maximum atomic E-state index is 12.9. The van der Waals surface area contributed by atoms with E-state index in [1.54, 1.807) is 0 Å². The van der Waals surface area contributed by atoms with Crippen LogP contribution >= 0.6 is 23.4 Å². The van der Waals surface area contributed by atoms with Gasteiger partial charge in [-0.05, 0) is 49.4 Å². The molecule has 0 bridgehead atoms. The maximum Gasteiger partial charge on any atom is 0.277 e. The quantitative estimate of drug-likeness (QED) is 0.275. The smallest absolute Gasteiger partial charge is 0.277 e. The van der Waals surface area contributed by atoms with Gasteiger partial charge in [-0.2, -0.15) is 0 Å². The number of carbonyl (C=O) groups is 1. The van der Waals surface area contributed by atoms with Crippen LogP contribution in [0, 0.1) is 11.8 Å². The van der Waals surface area contributed by atoms with E-state index in [1.165, 1.54) is 18.2 Å². The first-order chi connectivity index (χ1) is 17.4. The van der Waals surface area contributed by atoms with Gasteiger partial charge in [-0.3, -0.25) is 4.79 Å². The van der Waals surface area contributed by atoms with Gasteiger partial charge in [-0.25, -0.2) is 4.98 Å². The van der Waals surface area contributed by atoms with Gasteiger partial charge in [0.05, 0.1) is 22.0 Å². The standard InChI is InChI=1S/C28H29ClN4O2S/c1-16-7-6-10-23(17(16)2)31-26(34)18(3)36-28-33-32-27(35-28)22-15-25(19-11-13-20(29)14-12-19)30-24-9-5-4-8-21(22)24/h4-5,8-9,11-18,23H,6-7,10H2,1-3H3,(H,31,34)/t16-,17-,18-,23-/m1/s1. The molecule has 0 unspecified atom stereocenters. The highest BCUT2D eigenvalue weighted by Gasteiger charge is 2.30. The number of para-hydroxylation sites is 1. The van der Waals surface area contributed by atoms with Crippen LogP contribution in [0.1, 0.15) is 40.0 Å². The second kappa shape index (κ2) is 10.6. The fourth-order valence-electron chi connectivity index (χ4n) is 4.78. The van der Waals surface area contributed by atoms with E-state index in [2.05, 4.69) is 29.4 Å². The van der Waals surface area contributed by atoms with E-state index in [0.29, 0.717) is 28.0 Å². The van der Waals surface area contributed by atoms with Crippen molar-refractivity contribution in [2.45, 2.75) is 56.5 Å². The number of carbonyl (C=O) groups excluding carboxylic acids is 1. The summed E-state index contributed by atoms with van der Waals surface area (Å²) in [6, 6.07) is 17.6. The molecule has 4 atom stereocenters. The number of fused-ring (bicyclic) bond motifs is 1. The molecular weight excluding hydrogens is 492 g/mol. The van der Waals surface area contributed by atoms with Crippen molar-refractivity contribution in [1.82, 2.24) is 20.5 Å². The average Bonchev–Trinajstić information content (AvgIpc) is 3.34. The van der Waals surface area contributed by atoms with E-state index >= 15 is 0 Å². The number of benzene rings is 2. The fourth-order valence-corrected chi connectivity index (χ4v) is 5.60. The van der Waals surface area contributed by atoms with Gasteiger partial charge in [0.15, 0.2) is 0 Å². The van der Waals surface area contributed by atoms with Gasteiger partial charge < -0.3 is 9.73 Å². The number of amides is 1. The minimum absolute atomic E-state index is 0.00471. The number of aromatic nitrogens is 3. The lowest BCUT2D eigenvalue weighted by Crippen LogP contribution is -2.46. The molecule has 1 saturated carbocycles. The third-order valence-electron chi connectivity index (χ3n) is 7.17. The third-order valence-corrected chi connectivity index (χ3v) is 8.36. The predicted octanol–water partition coefficient (Wildman–Crippen LogP) is 7.03. The van der Waals surface area contributed by atoms with Crippen LogP contribution in [0.5, 0.6) is 0 Å². The van der Waals surface area contributed by atoms with Gasteiger partial charge in [-0.1, -0.05) is 80.4 Å². The molecule has 2 aromatic heterocycles. The zero-order valence-electron chi connectivity index (χ0n) is 20.6. The fraction of sp³-hybridized carbons (Fsp3) is 0.357. The van der Waals surface area contributed by atoms with E-state index in [9.17, 15) is 4.79 Å². The lowest BCUT2D eigenvalue weighted by molar-refractivity contribution is -0.121. The van der Waals surface area contributed by atoms with Crippen molar-refractivity contribution in [3.8, 4) is 22.7 Å². The summed E-state index contributed by atoms with van der Waals surface area (Å²) in [7, 11) is 0. The van der Waals surface area contributed by atoms with Crippen molar-refractivity contribution in [3.63, 3.8) is 0 Å². The summed E-state index contributed by atoms with van der Waals surface area (Å²) in [5, 5.41) is 13.4. The van der Waals surface area contributed by atoms with Crippen molar-refractivity contribution < 1.29 is 9.21 Å². The Hall–Kier alpha value is -2.90. The molecule has 1 amide bonds. The summed E-state index contributed by atoms with van der Waals surface area (Å²) < 4.78 is 6.05. The number of hydrogen-bond donors (Lipinski definition) is 1. The zero-order chi connectivity index (χ0) is 25.2. The van der Waals surface area contributed by atoms with Crippen molar-refractivity contribution in [1.29, 1.82) is 0 Å². The summed E-state index contributed by atoms with van der Waals surface area (Å²) >= 11 is 7.35. The molecule has 36 heavy (non-hydrogen) atoms. The van der Waals surface area contributed by atoms with Gasteiger partial charge in [0.2, 0.25) is 11.8 Å². The highest BCUT2D eigenvalue weighted by Crippen LogP contribution is 2.34. The molecule has 4 aromatic rings. The topological polar surface area (TPSA) is 80.9 Å². The molecule has 8 heteroatoms. The molecule has 0 aliphatic heterocycles. The Balaban J connectivity index is 1.37. The molecule has 1 N–H and O–H groups in total. The Morgan fingerprint density at radius 3 is 2.69 bits per heavy atom. The normalized spacial score (nSPS) is 20.8. The molecule has 1 fully saturated rings. The van der Waals surface area contributed by atoms with Crippen LogP contribution in [0.15, 0.2) is 64.2 Å². The Morgan fingerprint density at radius 2 is 1.89 bits per heavy atom. The maximum absolute atomic E-state index is 12.9.